The van der Waals surface area contributed by atoms with E-state index in [-0.39, 0.29) is 11.3 Å². The van der Waals surface area contributed by atoms with E-state index in [1.807, 2.05) is 27.7 Å². The second-order valence-corrected chi connectivity index (χ2v) is 4.88. The number of carbonyl (C=O) groups excluding carboxylic acids is 1. The second kappa shape index (κ2) is 4.61. The number of hydrogen-bond acceptors (Lipinski definition) is 2. The fourth-order valence-electron chi connectivity index (χ4n) is 0.534. The highest BCUT2D eigenvalue weighted by molar-refractivity contribution is 5.80. The molecule has 0 heterocycles. The van der Waals surface area contributed by atoms with Crippen LogP contribution in [0.2, 0.25) is 0 Å². The minimum absolute atomic E-state index is 0.0278. The lowest BCUT2D eigenvalue weighted by Gasteiger charge is -2.22. The third-order valence-electron chi connectivity index (χ3n) is 2.09. The molecule has 0 aliphatic rings. The van der Waals surface area contributed by atoms with Crippen LogP contribution in [0.25, 0.3) is 0 Å². The Kier molecular flexibility index (Phi) is 4.40. The van der Waals surface area contributed by atoms with Gasteiger partial charge in [-0.05, 0) is 12.8 Å². The lowest BCUT2D eigenvalue weighted by Crippen LogP contribution is -2.49. The molecule has 2 N–H and O–H groups in total. The predicted molar refractivity (Wildman–Crippen MR) is 55.0 cm³/mol. The summed E-state index contributed by atoms with van der Waals surface area (Å²) in [5.74, 6) is 0.542. The number of nitrogens with one attached hydrogen (secondary N) is 2. The van der Waals surface area contributed by atoms with Crippen molar-refractivity contribution in [1.29, 1.82) is 0 Å². The number of hydrogen-bond donors (Lipinski definition) is 2. The SMILES string of the molecule is CC(C)[C@@H](C)NNC(=O)C(C)(C)C. The molecule has 3 nitrogen and oxygen atoms in total. The Bertz CT molecular complexity index is 170. The Morgan fingerprint density at radius 3 is 1.92 bits per heavy atom. The molecule has 1 atom stereocenters. The molecule has 0 saturated heterocycles. The van der Waals surface area contributed by atoms with E-state index in [0.717, 1.165) is 0 Å². The molecule has 0 spiro atoms. The van der Waals surface area contributed by atoms with Gasteiger partial charge >= 0.3 is 0 Å². The van der Waals surface area contributed by atoms with Gasteiger partial charge in [-0.2, -0.15) is 0 Å². The van der Waals surface area contributed by atoms with Crippen molar-refractivity contribution in [1.82, 2.24) is 10.9 Å². The van der Waals surface area contributed by atoms with E-state index in [1.165, 1.54) is 0 Å². The van der Waals surface area contributed by atoms with Crippen molar-refractivity contribution in [3.63, 3.8) is 0 Å². The van der Waals surface area contributed by atoms with Crippen molar-refractivity contribution in [2.24, 2.45) is 11.3 Å². The topological polar surface area (TPSA) is 41.1 Å². The zero-order chi connectivity index (χ0) is 10.6. The van der Waals surface area contributed by atoms with Crippen LogP contribution in [0.5, 0.6) is 0 Å². The van der Waals surface area contributed by atoms with Crippen molar-refractivity contribution < 1.29 is 4.79 Å². The standard InChI is InChI=1S/C10H22N2O/c1-7(2)8(3)11-12-9(13)10(4,5)6/h7-8,11H,1-6H3,(H,12,13)/t8-/m1/s1. The molecule has 3 heteroatoms. The fourth-order valence-corrected chi connectivity index (χ4v) is 0.534. The Hall–Kier alpha value is -0.570. The molecule has 0 aromatic carbocycles. The van der Waals surface area contributed by atoms with E-state index in [4.69, 9.17) is 0 Å². The molecule has 78 valence electrons. The third kappa shape index (κ3) is 4.88. The monoisotopic (exact) mass is 186 g/mol. The molecule has 0 aliphatic carbocycles. The van der Waals surface area contributed by atoms with Crippen molar-refractivity contribution in [2.45, 2.75) is 47.6 Å². The molecular weight excluding hydrogens is 164 g/mol. The summed E-state index contributed by atoms with van der Waals surface area (Å²) >= 11 is 0. The van der Waals surface area contributed by atoms with E-state index < -0.39 is 0 Å². The van der Waals surface area contributed by atoms with Crippen molar-refractivity contribution in [3.8, 4) is 0 Å². The minimum atomic E-state index is -0.330. The maximum atomic E-state index is 11.4. The van der Waals surface area contributed by atoms with Crippen LogP contribution in [0.1, 0.15) is 41.5 Å². The summed E-state index contributed by atoms with van der Waals surface area (Å²) < 4.78 is 0. The first-order valence-electron chi connectivity index (χ1n) is 4.81. The Morgan fingerprint density at radius 1 is 1.15 bits per heavy atom. The second-order valence-electron chi connectivity index (χ2n) is 4.88. The number of rotatable bonds is 3. The van der Waals surface area contributed by atoms with Crippen molar-refractivity contribution in [2.75, 3.05) is 0 Å². The average molecular weight is 186 g/mol. The Labute approximate surface area is 81.3 Å². The molecule has 0 unspecified atom stereocenters. The van der Waals surface area contributed by atoms with Crippen LogP contribution in [0, 0.1) is 11.3 Å². The van der Waals surface area contributed by atoms with E-state index in [1.54, 1.807) is 0 Å². The smallest absolute Gasteiger partial charge is 0.239 e. The summed E-state index contributed by atoms with van der Waals surface area (Å²) in [6.45, 7) is 12.0. The summed E-state index contributed by atoms with van der Waals surface area (Å²) in [4.78, 5) is 11.4. The van der Waals surface area contributed by atoms with Gasteiger partial charge in [-0.1, -0.05) is 34.6 Å². The van der Waals surface area contributed by atoms with Gasteiger partial charge in [0.05, 0.1) is 0 Å². The summed E-state index contributed by atoms with van der Waals surface area (Å²) in [5.41, 5.74) is 5.37. The molecule has 0 bridgehead atoms. The molecule has 0 saturated carbocycles. The summed E-state index contributed by atoms with van der Waals surface area (Å²) in [6, 6.07) is 0.297. The molecule has 0 aromatic heterocycles. The Morgan fingerprint density at radius 2 is 1.62 bits per heavy atom. The van der Waals surface area contributed by atoms with Gasteiger partial charge < -0.3 is 0 Å². The molecular formula is C10H22N2O. The van der Waals surface area contributed by atoms with Gasteiger partial charge in [0.15, 0.2) is 0 Å². The minimum Gasteiger partial charge on any atom is -0.291 e. The number of hydrazine groups is 1. The first-order chi connectivity index (χ1) is 5.75. The highest BCUT2D eigenvalue weighted by Gasteiger charge is 2.21. The van der Waals surface area contributed by atoms with Crippen LogP contribution >= 0.6 is 0 Å². The molecule has 0 aromatic rings. The van der Waals surface area contributed by atoms with Gasteiger partial charge in [0, 0.05) is 11.5 Å². The third-order valence-corrected chi connectivity index (χ3v) is 2.09. The Balaban J connectivity index is 3.84. The van der Waals surface area contributed by atoms with Crippen LogP contribution in [-0.2, 0) is 4.79 Å². The zero-order valence-electron chi connectivity index (χ0n) is 9.56. The number of amides is 1. The first-order valence-corrected chi connectivity index (χ1v) is 4.81. The van der Waals surface area contributed by atoms with Gasteiger partial charge in [-0.25, -0.2) is 5.43 Å². The quantitative estimate of drug-likeness (QED) is 0.659. The van der Waals surface area contributed by atoms with Gasteiger partial charge in [-0.15, -0.1) is 0 Å². The molecule has 1 amide bonds. The van der Waals surface area contributed by atoms with E-state index in [0.29, 0.717) is 12.0 Å². The maximum absolute atomic E-state index is 11.4. The average Bonchev–Trinajstić information content (AvgIpc) is 1.97. The first kappa shape index (κ1) is 12.4. The predicted octanol–water partition coefficient (Wildman–Crippen LogP) is 1.70. The molecule has 0 rings (SSSR count). The summed E-state index contributed by atoms with van der Waals surface area (Å²) in [6.07, 6.45) is 0. The van der Waals surface area contributed by atoms with Crippen LogP contribution in [0.4, 0.5) is 0 Å². The van der Waals surface area contributed by atoms with Gasteiger partial charge in [0.1, 0.15) is 0 Å². The highest BCUT2D eigenvalue weighted by Crippen LogP contribution is 2.11. The van der Waals surface area contributed by atoms with E-state index in [9.17, 15) is 4.79 Å². The van der Waals surface area contributed by atoms with Gasteiger partial charge in [0.2, 0.25) is 5.91 Å². The van der Waals surface area contributed by atoms with Crippen LogP contribution < -0.4 is 10.9 Å². The zero-order valence-corrected chi connectivity index (χ0v) is 9.56. The normalized spacial score (nSPS) is 14.4. The van der Waals surface area contributed by atoms with Crippen molar-refractivity contribution in [3.05, 3.63) is 0 Å². The van der Waals surface area contributed by atoms with Crippen LogP contribution in [-0.4, -0.2) is 11.9 Å². The van der Waals surface area contributed by atoms with Gasteiger partial charge in [0.25, 0.3) is 0 Å². The lowest BCUT2D eigenvalue weighted by atomic mass is 9.96. The maximum Gasteiger partial charge on any atom is 0.239 e. The van der Waals surface area contributed by atoms with Crippen LogP contribution in [0.3, 0.4) is 0 Å². The molecule has 0 aliphatic heterocycles. The van der Waals surface area contributed by atoms with E-state index in [2.05, 4.69) is 24.7 Å². The largest absolute Gasteiger partial charge is 0.291 e. The van der Waals surface area contributed by atoms with Crippen LogP contribution in [0.15, 0.2) is 0 Å². The number of carbonyl (C=O) groups is 1. The van der Waals surface area contributed by atoms with Gasteiger partial charge in [-0.3, -0.25) is 10.2 Å². The highest BCUT2D eigenvalue weighted by atomic mass is 16.2. The van der Waals surface area contributed by atoms with E-state index >= 15 is 0 Å². The summed E-state index contributed by atoms with van der Waals surface area (Å²) in [5, 5.41) is 0. The van der Waals surface area contributed by atoms with Crippen molar-refractivity contribution >= 4 is 5.91 Å². The molecule has 0 fully saturated rings. The lowest BCUT2D eigenvalue weighted by molar-refractivity contribution is -0.129. The molecule has 13 heavy (non-hydrogen) atoms. The molecule has 0 radical (unpaired) electrons. The summed E-state index contributed by atoms with van der Waals surface area (Å²) in [7, 11) is 0. The fraction of sp³-hybridized carbons (Fsp3) is 0.900.